The van der Waals surface area contributed by atoms with E-state index in [1.54, 1.807) is 6.07 Å². The van der Waals surface area contributed by atoms with Gasteiger partial charge in [-0.3, -0.25) is 0 Å². The SMILES string of the molecule is CC(C)Cc1cc(-c2c[nH]c3ncc(-c4ccccc4)cc23)ccc1C(=O)O. The molecule has 0 fully saturated rings. The lowest BCUT2D eigenvalue weighted by Crippen LogP contribution is -2.05. The second-order valence-corrected chi connectivity index (χ2v) is 7.46. The number of hydrogen-bond acceptors (Lipinski definition) is 2. The number of aromatic nitrogens is 2. The lowest BCUT2D eigenvalue weighted by atomic mass is 9.93. The van der Waals surface area contributed by atoms with Crippen molar-refractivity contribution in [3.05, 3.63) is 78.1 Å². The maximum Gasteiger partial charge on any atom is 0.335 e. The highest BCUT2D eigenvalue weighted by atomic mass is 16.4. The molecule has 4 heteroatoms. The Kier molecular flexibility index (Phi) is 4.70. The van der Waals surface area contributed by atoms with Crippen LogP contribution in [0.1, 0.15) is 29.8 Å². The molecule has 2 heterocycles. The number of carbonyl (C=O) groups is 1. The van der Waals surface area contributed by atoms with Gasteiger partial charge in [0.05, 0.1) is 5.56 Å². The largest absolute Gasteiger partial charge is 0.478 e. The first-order valence-electron chi connectivity index (χ1n) is 9.42. The van der Waals surface area contributed by atoms with E-state index in [1.807, 2.05) is 42.7 Å². The molecule has 0 radical (unpaired) electrons. The molecule has 0 atom stereocenters. The Morgan fingerprint density at radius 1 is 1.04 bits per heavy atom. The minimum atomic E-state index is -0.880. The number of fused-ring (bicyclic) bond motifs is 1. The molecule has 140 valence electrons. The van der Waals surface area contributed by atoms with Crippen LogP contribution in [0.5, 0.6) is 0 Å². The highest BCUT2D eigenvalue weighted by molar-refractivity contribution is 5.97. The molecule has 4 rings (SSSR count). The number of carboxylic acids is 1. The molecule has 2 aromatic heterocycles. The summed E-state index contributed by atoms with van der Waals surface area (Å²) in [6.45, 7) is 4.19. The molecule has 0 amide bonds. The van der Waals surface area contributed by atoms with E-state index in [2.05, 4.69) is 42.0 Å². The standard InChI is InChI=1S/C24H22N2O2/c1-15(2)10-18-11-17(8-9-20(18)24(27)28)22-14-26-23-21(22)12-19(13-25-23)16-6-4-3-5-7-16/h3-9,11-15H,10H2,1-2H3,(H,25,26)(H,27,28). The van der Waals surface area contributed by atoms with Crippen LogP contribution in [0.15, 0.2) is 67.0 Å². The van der Waals surface area contributed by atoms with Crippen molar-refractivity contribution in [2.45, 2.75) is 20.3 Å². The molecule has 0 spiro atoms. The number of aromatic carboxylic acids is 1. The molecule has 0 unspecified atom stereocenters. The number of H-pyrrole nitrogens is 1. The van der Waals surface area contributed by atoms with Gasteiger partial charge in [0.2, 0.25) is 0 Å². The molecular formula is C24H22N2O2. The van der Waals surface area contributed by atoms with E-state index in [9.17, 15) is 9.90 Å². The zero-order valence-electron chi connectivity index (χ0n) is 15.9. The quantitative estimate of drug-likeness (QED) is 0.467. The topological polar surface area (TPSA) is 66.0 Å². The maximum absolute atomic E-state index is 11.6. The van der Waals surface area contributed by atoms with E-state index >= 15 is 0 Å². The fraction of sp³-hybridized carbons (Fsp3) is 0.167. The predicted molar refractivity (Wildman–Crippen MR) is 112 cm³/mol. The minimum Gasteiger partial charge on any atom is -0.478 e. The van der Waals surface area contributed by atoms with Gasteiger partial charge in [-0.15, -0.1) is 0 Å². The van der Waals surface area contributed by atoms with Gasteiger partial charge >= 0.3 is 5.97 Å². The van der Waals surface area contributed by atoms with Crippen molar-refractivity contribution in [2.24, 2.45) is 5.92 Å². The van der Waals surface area contributed by atoms with Crippen LogP contribution in [-0.2, 0) is 6.42 Å². The normalized spacial score (nSPS) is 11.2. The first kappa shape index (κ1) is 18.0. The summed E-state index contributed by atoms with van der Waals surface area (Å²) >= 11 is 0. The molecule has 0 aliphatic heterocycles. The van der Waals surface area contributed by atoms with E-state index < -0.39 is 5.97 Å². The Bertz CT molecular complexity index is 1140. The van der Waals surface area contributed by atoms with Gasteiger partial charge in [-0.1, -0.05) is 56.3 Å². The summed E-state index contributed by atoms with van der Waals surface area (Å²) in [7, 11) is 0. The molecule has 2 N–H and O–H groups in total. The minimum absolute atomic E-state index is 0.375. The number of pyridine rings is 1. The average Bonchev–Trinajstić information content (AvgIpc) is 3.11. The van der Waals surface area contributed by atoms with Crippen LogP contribution in [0.25, 0.3) is 33.3 Å². The van der Waals surface area contributed by atoms with E-state index in [1.165, 1.54) is 0 Å². The molecule has 0 aliphatic carbocycles. The molecule has 4 nitrogen and oxygen atoms in total. The summed E-state index contributed by atoms with van der Waals surface area (Å²) in [6.07, 6.45) is 4.54. The summed E-state index contributed by atoms with van der Waals surface area (Å²) < 4.78 is 0. The fourth-order valence-corrected chi connectivity index (χ4v) is 3.61. The third kappa shape index (κ3) is 3.41. The van der Waals surface area contributed by atoms with Crippen LogP contribution < -0.4 is 0 Å². The van der Waals surface area contributed by atoms with Crippen molar-refractivity contribution in [1.29, 1.82) is 0 Å². The molecule has 28 heavy (non-hydrogen) atoms. The Balaban J connectivity index is 1.84. The molecule has 0 saturated heterocycles. The van der Waals surface area contributed by atoms with Crippen LogP contribution in [-0.4, -0.2) is 21.0 Å². The van der Waals surface area contributed by atoms with Crippen molar-refractivity contribution in [1.82, 2.24) is 9.97 Å². The Morgan fingerprint density at radius 2 is 1.82 bits per heavy atom. The van der Waals surface area contributed by atoms with Gasteiger partial charge in [0, 0.05) is 28.9 Å². The summed E-state index contributed by atoms with van der Waals surface area (Å²) in [6, 6.07) is 17.9. The number of nitrogens with zero attached hydrogens (tertiary/aromatic N) is 1. The van der Waals surface area contributed by atoms with E-state index in [0.29, 0.717) is 11.5 Å². The van der Waals surface area contributed by atoms with Gasteiger partial charge < -0.3 is 10.1 Å². The third-order valence-electron chi connectivity index (χ3n) is 4.91. The monoisotopic (exact) mass is 370 g/mol. The van der Waals surface area contributed by atoms with Crippen LogP contribution in [0.2, 0.25) is 0 Å². The number of nitrogens with one attached hydrogen (secondary N) is 1. The third-order valence-corrected chi connectivity index (χ3v) is 4.91. The van der Waals surface area contributed by atoms with Crippen molar-refractivity contribution in [3.63, 3.8) is 0 Å². The second kappa shape index (κ2) is 7.31. The van der Waals surface area contributed by atoms with Crippen molar-refractivity contribution < 1.29 is 9.90 Å². The van der Waals surface area contributed by atoms with Gasteiger partial charge in [0.1, 0.15) is 5.65 Å². The average molecular weight is 370 g/mol. The zero-order valence-corrected chi connectivity index (χ0v) is 15.9. The molecule has 4 aromatic rings. The van der Waals surface area contributed by atoms with Crippen molar-refractivity contribution >= 4 is 17.0 Å². The lowest BCUT2D eigenvalue weighted by molar-refractivity contribution is 0.0695. The van der Waals surface area contributed by atoms with Crippen LogP contribution in [0, 0.1) is 5.92 Å². The highest BCUT2D eigenvalue weighted by Gasteiger charge is 2.15. The van der Waals surface area contributed by atoms with Crippen LogP contribution in [0.3, 0.4) is 0 Å². The maximum atomic E-state index is 11.6. The Morgan fingerprint density at radius 3 is 2.54 bits per heavy atom. The van der Waals surface area contributed by atoms with Gasteiger partial charge in [-0.25, -0.2) is 9.78 Å². The molecular weight excluding hydrogens is 348 g/mol. The number of benzene rings is 2. The zero-order chi connectivity index (χ0) is 19.7. The van der Waals surface area contributed by atoms with Crippen molar-refractivity contribution in [3.8, 4) is 22.3 Å². The Hall–Kier alpha value is -3.40. The van der Waals surface area contributed by atoms with Crippen LogP contribution >= 0.6 is 0 Å². The van der Waals surface area contributed by atoms with Crippen LogP contribution in [0.4, 0.5) is 0 Å². The summed E-state index contributed by atoms with van der Waals surface area (Å²) in [4.78, 5) is 19.4. The van der Waals surface area contributed by atoms with Crippen molar-refractivity contribution in [2.75, 3.05) is 0 Å². The molecule has 0 saturated carbocycles. The smallest absolute Gasteiger partial charge is 0.335 e. The first-order chi connectivity index (χ1) is 13.5. The fourth-order valence-electron chi connectivity index (χ4n) is 3.61. The second-order valence-electron chi connectivity index (χ2n) is 7.46. The van der Waals surface area contributed by atoms with E-state index in [4.69, 9.17) is 0 Å². The van der Waals surface area contributed by atoms with E-state index in [-0.39, 0.29) is 0 Å². The highest BCUT2D eigenvalue weighted by Crippen LogP contribution is 2.32. The van der Waals surface area contributed by atoms with Gasteiger partial charge in [0.15, 0.2) is 0 Å². The summed E-state index contributed by atoms with van der Waals surface area (Å²) in [5.74, 6) is -0.503. The Labute approximate surface area is 163 Å². The van der Waals surface area contributed by atoms with Gasteiger partial charge in [-0.2, -0.15) is 0 Å². The molecule has 0 bridgehead atoms. The number of carboxylic acid groups (broad SMARTS) is 1. The van der Waals surface area contributed by atoms with Gasteiger partial charge in [-0.05, 0) is 41.2 Å². The number of aromatic amines is 1. The summed E-state index contributed by atoms with van der Waals surface area (Å²) in [5.41, 5.74) is 6.26. The number of rotatable bonds is 5. The first-order valence-corrected chi connectivity index (χ1v) is 9.42. The van der Waals surface area contributed by atoms with E-state index in [0.717, 1.165) is 45.3 Å². The molecule has 2 aromatic carbocycles. The lowest BCUT2D eigenvalue weighted by Gasteiger charge is -2.11. The number of hydrogen-bond donors (Lipinski definition) is 2. The summed E-state index contributed by atoms with van der Waals surface area (Å²) in [5, 5.41) is 10.5. The molecule has 0 aliphatic rings. The van der Waals surface area contributed by atoms with Gasteiger partial charge in [0.25, 0.3) is 0 Å². The predicted octanol–water partition coefficient (Wildman–Crippen LogP) is 5.79.